The third-order valence-corrected chi connectivity index (χ3v) is 6.28. The van der Waals surface area contributed by atoms with E-state index in [4.69, 9.17) is 0 Å². The molecule has 0 bridgehead atoms. The van der Waals surface area contributed by atoms with Crippen LogP contribution in [-0.2, 0) is 5.92 Å². The highest BCUT2D eigenvalue weighted by Crippen LogP contribution is 2.34. The highest BCUT2D eigenvalue weighted by Gasteiger charge is 2.32. The molecule has 0 aliphatic rings. The second kappa shape index (κ2) is 13.6. The van der Waals surface area contributed by atoms with Crippen molar-refractivity contribution in [3.05, 3.63) is 96.6 Å². The number of benzene rings is 2. The summed E-state index contributed by atoms with van der Waals surface area (Å²) < 4.78 is 111. The first kappa shape index (κ1) is 34.6. The summed E-state index contributed by atoms with van der Waals surface area (Å²) in [5, 5.41) is 15.8. The van der Waals surface area contributed by atoms with E-state index in [9.17, 15) is 35.1 Å². The molecule has 0 N–H and O–H groups in total. The van der Waals surface area contributed by atoms with E-state index in [1.807, 2.05) is 19.9 Å². The molecule has 8 nitrogen and oxygen atoms in total. The summed E-state index contributed by atoms with van der Waals surface area (Å²) >= 11 is 0. The number of hydrogen-bond donors (Lipinski definition) is 0. The fourth-order valence-corrected chi connectivity index (χ4v) is 4.35. The first-order chi connectivity index (χ1) is 22.1. The molecule has 0 spiro atoms. The Morgan fingerprint density at radius 1 is 0.596 bits per heavy atom. The van der Waals surface area contributed by atoms with Crippen LogP contribution in [0.2, 0.25) is 0 Å². The van der Waals surface area contributed by atoms with E-state index in [0.717, 1.165) is 40.5 Å². The highest BCUT2D eigenvalue weighted by atomic mass is 19.4. The number of rotatable bonds is 5. The normalized spacial score (nSPS) is 11.8. The van der Waals surface area contributed by atoms with Crippen LogP contribution in [0.1, 0.15) is 31.9 Å². The number of aryl methyl sites for hydroxylation is 1. The Balaban J connectivity index is 0.000000206. The number of nitrogens with zero attached hydrogens (tertiary/aromatic N) is 6. The molecule has 4 heterocycles. The molecule has 0 aliphatic carbocycles. The molecule has 6 aromatic rings. The molecule has 248 valence electrons. The molecule has 2 aromatic carbocycles. The molecule has 0 unspecified atom stereocenters. The van der Waals surface area contributed by atoms with Gasteiger partial charge in [-0.25, -0.2) is 8.78 Å². The van der Waals surface area contributed by atoms with Gasteiger partial charge in [-0.2, -0.15) is 29.7 Å². The Morgan fingerprint density at radius 2 is 1.17 bits per heavy atom. The summed E-state index contributed by atoms with van der Waals surface area (Å²) in [6, 6.07) is 14.5. The highest BCUT2D eigenvalue weighted by molar-refractivity contribution is 5.73. The van der Waals surface area contributed by atoms with Crippen molar-refractivity contribution in [1.29, 1.82) is 0 Å². The Kier molecular flexibility index (Phi) is 10.0. The quantitative estimate of drug-likeness (QED) is 0.171. The minimum Gasteiger partial charge on any atom is -0.406 e. The summed E-state index contributed by atoms with van der Waals surface area (Å²) in [6.45, 7) is 6.35. The summed E-state index contributed by atoms with van der Waals surface area (Å²) in [5.74, 6) is -3.70. The van der Waals surface area contributed by atoms with Gasteiger partial charge in [-0.3, -0.25) is 0 Å². The maximum atomic E-state index is 13.6. The lowest BCUT2D eigenvalue weighted by atomic mass is 10.0. The molecule has 0 saturated heterocycles. The zero-order valence-electron chi connectivity index (χ0n) is 25.1. The van der Waals surface area contributed by atoms with Gasteiger partial charge in [-0.15, -0.1) is 26.3 Å². The third kappa shape index (κ3) is 8.92. The fourth-order valence-electron chi connectivity index (χ4n) is 4.35. The maximum absolute atomic E-state index is 13.6. The molecule has 6 rings (SSSR count). The monoisotopic (exact) mass is 666 g/mol. The van der Waals surface area contributed by atoms with Crippen LogP contribution in [-0.4, -0.2) is 42.4 Å². The first-order valence-electron chi connectivity index (χ1n) is 13.8. The summed E-state index contributed by atoms with van der Waals surface area (Å²) in [6.07, 6.45) is -3.80. The van der Waals surface area contributed by atoms with Crippen molar-refractivity contribution in [3.8, 4) is 33.8 Å². The molecule has 0 saturated carbocycles. The largest absolute Gasteiger partial charge is 0.573 e. The molecule has 0 radical (unpaired) electrons. The van der Waals surface area contributed by atoms with Crippen LogP contribution in [0.3, 0.4) is 0 Å². The van der Waals surface area contributed by atoms with E-state index in [1.54, 1.807) is 37.5 Å². The van der Waals surface area contributed by atoms with Crippen molar-refractivity contribution in [3.63, 3.8) is 0 Å². The summed E-state index contributed by atoms with van der Waals surface area (Å²) in [5.41, 5.74) is 3.70. The van der Waals surface area contributed by atoms with Crippen LogP contribution in [0.15, 0.2) is 85.5 Å². The minimum absolute atomic E-state index is 0.125. The van der Waals surface area contributed by atoms with E-state index >= 15 is 0 Å². The number of hydrogen-bond acceptors (Lipinski definition) is 6. The van der Waals surface area contributed by atoms with E-state index in [2.05, 4.69) is 29.9 Å². The molecule has 16 heteroatoms. The van der Waals surface area contributed by atoms with Gasteiger partial charge in [0.15, 0.2) is 0 Å². The van der Waals surface area contributed by atoms with Gasteiger partial charge in [0.1, 0.15) is 11.5 Å². The topological polar surface area (TPSA) is 78.8 Å². The molecule has 47 heavy (non-hydrogen) atoms. The molecule has 0 atom stereocenters. The maximum Gasteiger partial charge on any atom is 0.573 e. The molecule has 0 fully saturated rings. The van der Waals surface area contributed by atoms with Crippen molar-refractivity contribution < 1.29 is 44.6 Å². The van der Waals surface area contributed by atoms with Gasteiger partial charge in [0.05, 0.1) is 41.4 Å². The lowest BCUT2D eigenvalue weighted by Crippen LogP contribution is -2.17. The summed E-state index contributed by atoms with van der Waals surface area (Å²) in [7, 11) is 0. The van der Waals surface area contributed by atoms with Crippen LogP contribution in [0.5, 0.6) is 11.5 Å². The number of halogens is 8. The van der Waals surface area contributed by atoms with Gasteiger partial charge in [0, 0.05) is 18.1 Å². The third-order valence-electron chi connectivity index (χ3n) is 6.28. The van der Waals surface area contributed by atoms with Gasteiger partial charge in [-0.05, 0) is 66.1 Å². The van der Waals surface area contributed by atoms with Crippen molar-refractivity contribution in [1.82, 2.24) is 29.7 Å². The first-order valence-corrected chi connectivity index (χ1v) is 13.8. The minimum atomic E-state index is -4.78. The zero-order valence-corrected chi connectivity index (χ0v) is 25.1. The second-order valence-corrected chi connectivity index (χ2v) is 9.65. The lowest BCUT2D eigenvalue weighted by molar-refractivity contribution is -0.275. The van der Waals surface area contributed by atoms with Crippen LogP contribution in [0, 0.1) is 6.92 Å². The van der Waals surface area contributed by atoms with Crippen molar-refractivity contribution in [2.45, 2.75) is 46.3 Å². The lowest BCUT2D eigenvalue weighted by Gasteiger charge is -2.12. The van der Waals surface area contributed by atoms with E-state index in [1.165, 1.54) is 41.2 Å². The Bertz CT molecular complexity index is 1950. The smallest absolute Gasteiger partial charge is 0.406 e. The van der Waals surface area contributed by atoms with Crippen molar-refractivity contribution in [2.24, 2.45) is 0 Å². The molecular formula is C31H26F8N6O2. The van der Waals surface area contributed by atoms with Crippen LogP contribution < -0.4 is 9.47 Å². The predicted molar refractivity (Wildman–Crippen MR) is 156 cm³/mol. The zero-order chi connectivity index (χ0) is 34.6. The van der Waals surface area contributed by atoms with Crippen LogP contribution in [0.25, 0.3) is 33.3 Å². The van der Waals surface area contributed by atoms with Gasteiger partial charge in [0.25, 0.3) is 5.92 Å². The number of ether oxygens (including phenoxy) is 2. The molecule has 0 amide bonds. The van der Waals surface area contributed by atoms with E-state index in [0.29, 0.717) is 16.7 Å². The second-order valence-electron chi connectivity index (χ2n) is 9.65. The van der Waals surface area contributed by atoms with Crippen molar-refractivity contribution in [2.75, 3.05) is 0 Å². The number of alkyl halides is 8. The van der Waals surface area contributed by atoms with Gasteiger partial charge < -0.3 is 9.47 Å². The number of fused-ring (bicyclic) bond motifs is 2. The van der Waals surface area contributed by atoms with Gasteiger partial charge >= 0.3 is 12.7 Å². The summed E-state index contributed by atoms with van der Waals surface area (Å²) in [4.78, 5) is 0. The van der Waals surface area contributed by atoms with Crippen LogP contribution >= 0.6 is 0 Å². The predicted octanol–water partition coefficient (Wildman–Crippen LogP) is 9.04. The van der Waals surface area contributed by atoms with Gasteiger partial charge in [0.2, 0.25) is 0 Å². The Morgan fingerprint density at radius 3 is 1.79 bits per heavy atom. The Labute approximate surface area is 262 Å². The SMILES string of the molecule is CC.Cc1cc(OC(F)(F)F)ccc1-c1cnn2ncc(C(C)(F)F)c2c1.FC(F)(F)Oc1ccc(-c2cnn3nccc3c2)cc1. The fraction of sp³-hybridized carbons (Fsp3) is 0.226. The molecule has 4 aromatic heterocycles. The van der Waals surface area contributed by atoms with Gasteiger partial charge in [-0.1, -0.05) is 32.0 Å². The average Bonchev–Trinajstić information content (AvgIpc) is 3.64. The van der Waals surface area contributed by atoms with E-state index in [-0.39, 0.29) is 22.6 Å². The molecular weight excluding hydrogens is 640 g/mol. The number of aromatic nitrogens is 6. The van der Waals surface area contributed by atoms with Crippen molar-refractivity contribution >= 4 is 11.0 Å². The van der Waals surface area contributed by atoms with Crippen LogP contribution in [0.4, 0.5) is 35.1 Å². The van der Waals surface area contributed by atoms with E-state index < -0.39 is 18.6 Å². The average molecular weight is 667 g/mol. The Hall–Kier alpha value is -5.28. The molecule has 0 aliphatic heterocycles. The standard InChI is InChI=1S/C16H12F5N3O.C13H8F3N3O.C2H6/c1-9-5-11(25-16(19,20)21)3-4-12(9)10-6-14-13(15(2,17)18)8-23-24(14)22-7-10;14-13(15,16)20-12-3-1-9(2-4-12)10-7-11-5-6-17-19(11)18-8-10;1-2/h3-8H,1-2H3;1-8H;1-2H3.